The third kappa shape index (κ3) is 3.86. The zero-order valence-corrected chi connectivity index (χ0v) is 11.1. The Balaban J connectivity index is 2.84. The Morgan fingerprint density at radius 3 is 2.67 bits per heavy atom. The highest BCUT2D eigenvalue weighted by Gasteiger charge is 2.13. The number of sulfonamides is 1. The van der Waals surface area contributed by atoms with Crippen molar-refractivity contribution in [2.24, 2.45) is 0 Å². The molecule has 0 amide bonds. The molecule has 0 saturated carbocycles. The van der Waals surface area contributed by atoms with Crippen LogP contribution in [0.2, 0.25) is 5.02 Å². The van der Waals surface area contributed by atoms with Crippen molar-refractivity contribution in [2.75, 3.05) is 13.7 Å². The van der Waals surface area contributed by atoms with E-state index in [1.807, 2.05) is 0 Å². The minimum atomic E-state index is -3.56. The number of carboxylic acids is 1. The second-order valence-corrected chi connectivity index (χ2v) is 5.59. The first-order valence-electron chi connectivity index (χ1n) is 4.94. The molecule has 1 rings (SSSR count). The van der Waals surface area contributed by atoms with E-state index in [0.717, 1.165) is 0 Å². The van der Waals surface area contributed by atoms with Crippen LogP contribution in [-0.2, 0) is 14.8 Å². The van der Waals surface area contributed by atoms with E-state index in [1.54, 1.807) is 0 Å². The van der Waals surface area contributed by atoms with Gasteiger partial charge < -0.3 is 9.84 Å². The molecule has 0 fully saturated rings. The predicted octanol–water partition coefficient (Wildman–Crippen LogP) is 1.10. The Labute approximate surface area is 110 Å². The van der Waals surface area contributed by atoms with Gasteiger partial charge in [-0.15, -0.1) is 0 Å². The van der Waals surface area contributed by atoms with Crippen molar-refractivity contribution < 1.29 is 23.1 Å². The van der Waals surface area contributed by atoms with Gasteiger partial charge in [0.05, 0.1) is 22.9 Å². The molecule has 0 heterocycles. The van der Waals surface area contributed by atoms with Gasteiger partial charge >= 0.3 is 5.97 Å². The fourth-order valence-corrected chi connectivity index (χ4v) is 2.19. The van der Waals surface area contributed by atoms with Gasteiger partial charge in [0.15, 0.2) is 0 Å². The Morgan fingerprint density at radius 2 is 2.17 bits per heavy atom. The largest absolute Gasteiger partial charge is 0.491 e. The summed E-state index contributed by atoms with van der Waals surface area (Å²) < 4.78 is 30.2. The third-order valence-electron chi connectivity index (χ3n) is 2.06. The standard InChI is InChI=1S/C10H12ClNO5S/c1-12-18(15,16)7-2-3-9(8(11)6-7)17-5-4-10(13)14/h2-3,6,12H,4-5H2,1H3,(H,13,14). The van der Waals surface area contributed by atoms with Gasteiger partial charge in [0, 0.05) is 0 Å². The first kappa shape index (κ1) is 14.7. The summed E-state index contributed by atoms with van der Waals surface area (Å²) in [5, 5.41) is 8.55. The number of rotatable bonds is 6. The van der Waals surface area contributed by atoms with Crippen molar-refractivity contribution >= 4 is 27.6 Å². The number of carboxylic acid groups (broad SMARTS) is 1. The first-order valence-corrected chi connectivity index (χ1v) is 6.80. The molecule has 0 aliphatic rings. The van der Waals surface area contributed by atoms with E-state index in [-0.39, 0.29) is 28.7 Å². The monoisotopic (exact) mass is 293 g/mol. The second-order valence-electron chi connectivity index (χ2n) is 3.29. The van der Waals surface area contributed by atoms with Crippen molar-refractivity contribution in [3.05, 3.63) is 23.2 Å². The first-order chi connectivity index (χ1) is 8.36. The molecule has 1 aromatic carbocycles. The number of hydrogen-bond acceptors (Lipinski definition) is 4. The zero-order chi connectivity index (χ0) is 13.8. The minimum Gasteiger partial charge on any atom is -0.491 e. The van der Waals surface area contributed by atoms with Crippen LogP contribution in [0.15, 0.2) is 23.1 Å². The summed E-state index contributed by atoms with van der Waals surface area (Å²) in [6.07, 6.45) is -0.160. The van der Waals surface area contributed by atoms with Crippen molar-refractivity contribution in [3.8, 4) is 5.75 Å². The number of benzene rings is 1. The van der Waals surface area contributed by atoms with E-state index in [0.29, 0.717) is 0 Å². The van der Waals surface area contributed by atoms with Gasteiger partial charge in [-0.3, -0.25) is 4.79 Å². The summed E-state index contributed by atoms with van der Waals surface area (Å²) in [6, 6.07) is 3.95. The van der Waals surface area contributed by atoms with Crippen molar-refractivity contribution in [3.63, 3.8) is 0 Å². The quantitative estimate of drug-likeness (QED) is 0.819. The van der Waals surface area contributed by atoms with Gasteiger partial charge in [-0.1, -0.05) is 11.6 Å². The van der Waals surface area contributed by atoms with Gasteiger partial charge in [-0.05, 0) is 25.2 Å². The van der Waals surface area contributed by atoms with Crippen molar-refractivity contribution in [1.29, 1.82) is 0 Å². The molecule has 0 saturated heterocycles. The molecule has 1 aromatic rings. The molecule has 100 valence electrons. The highest BCUT2D eigenvalue weighted by Crippen LogP contribution is 2.27. The smallest absolute Gasteiger partial charge is 0.306 e. The lowest BCUT2D eigenvalue weighted by Crippen LogP contribution is -2.18. The van der Waals surface area contributed by atoms with E-state index in [2.05, 4.69) is 4.72 Å². The summed E-state index contributed by atoms with van der Waals surface area (Å²) >= 11 is 5.84. The average Bonchev–Trinajstić information content (AvgIpc) is 2.30. The van der Waals surface area contributed by atoms with Crippen LogP contribution in [-0.4, -0.2) is 33.1 Å². The van der Waals surface area contributed by atoms with Gasteiger partial charge in [0.1, 0.15) is 5.75 Å². The third-order valence-corrected chi connectivity index (χ3v) is 3.76. The maximum Gasteiger partial charge on any atom is 0.306 e. The van der Waals surface area contributed by atoms with Crippen molar-refractivity contribution in [2.45, 2.75) is 11.3 Å². The Bertz CT molecular complexity index is 543. The lowest BCUT2D eigenvalue weighted by molar-refractivity contribution is -0.137. The second kappa shape index (κ2) is 6.03. The van der Waals surface area contributed by atoms with Crippen LogP contribution in [0.4, 0.5) is 0 Å². The fourth-order valence-electron chi connectivity index (χ4n) is 1.13. The average molecular weight is 294 g/mol. The molecule has 8 heteroatoms. The number of ether oxygens (including phenoxy) is 1. The molecule has 0 bridgehead atoms. The van der Waals surface area contributed by atoms with Crippen LogP contribution in [0.5, 0.6) is 5.75 Å². The Morgan fingerprint density at radius 1 is 1.50 bits per heavy atom. The number of hydrogen-bond donors (Lipinski definition) is 2. The van der Waals surface area contributed by atoms with Crippen LogP contribution in [0.3, 0.4) is 0 Å². The van der Waals surface area contributed by atoms with Crippen LogP contribution >= 0.6 is 11.6 Å². The lowest BCUT2D eigenvalue weighted by Gasteiger charge is -2.08. The minimum absolute atomic E-state index is 0.0144. The van der Waals surface area contributed by atoms with Gasteiger partial charge in [0.2, 0.25) is 10.0 Å². The lowest BCUT2D eigenvalue weighted by atomic mass is 10.3. The molecule has 2 N–H and O–H groups in total. The van der Waals surface area contributed by atoms with E-state index >= 15 is 0 Å². The SMILES string of the molecule is CNS(=O)(=O)c1ccc(OCCC(=O)O)c(Cl)c1. The highest BCUT2D eigenvalue weighted by atomic mass is 35.5. The number of carbonyl (C=O) groups is 1. The predicted molar refractivity (Wildman–Crippen MR) is 65.4 cm³/mol. The fraction of sp³-hybridized carbons (Fsp3) is 0.300. The molecular weight excluding hydrogens is 282 g/mol. The topological polar surface area (TPSA) is 92.7 Å². The van der Waals surface area contributed by atoms with Gasteiger partial charge in [0.25, 0.3) is 0 Å². The van der Waals surface area contributed by atoms with Crippen LogP contribution in [0.1, 0.15) is 6.42 Å². The van der Waals surface area contributed by atoms with E-state index in [1.165, 1.54) is 25.2 Å². The summed E-state index contributed by atoms with van der Waals surface area (Å²) in [7, 11) is -2.26. The maximum absolute atomic E-state index is 11.5. The Hall–Kier alpha value is -1.31. The number of aliphatic carboxylic acids is 1. The van der Waals surface area contributed by atoms with E-state index in [9.17, 15) is 13.2 Å². The van der Waals surface area contributed by atoms with E-state index in [4.69, 9.17) is 21.4 Å². The molecule has 0 spiro atoms. The van der Waals surface area contributed by atoms with Crippen LogP contribution in [0.25, 0.3) is 0 Å². The van der Waals surface area contributed by atoms with Crippen molar-refractivity contribution in [1.82, 2.24) is 4.72 Å². The molecule has 0 aliphatic heterocycles. The van der Waals surface area contributed by atoms with E-state index < -0.39 is 16.0 Å². The molecule has 0 unspecified atom stereocenters. The number of halogens is 1. The molecule has 0 radical (unpaired) electrons. The zero-order valence-electron chi connectivity index (χ0n) is 9.51. The Kier molecular flexibility index (Phi) is 4.94. The number of nitrogens with one attached hydrogen (secondary N) is 1. The molecule has 6 nitrogen and oxygen atoms in total. The highest BCUT2D eigenvalue weighted by molar-refractivity contribution is 7.89. The summed E-state index contributed by atoms with van der Waals surface area (Å²) in [6.45, 7) is -0.0345. The summed E-state index contributed by atoms with van der Waals surface area (Å²) in [5.41, 5.74) is 0. The molecule has 0 atom stereocenters. The van der Waals surface area contributed by atoms with Gasteiger partial charge in [-0.25, -0.2) is 13.1 Å². The normalized spacial score (nSPS) is 11.2. The molecular formula is C10H12ClNO5S. The summed E-state index contributed by atoms with van der Waals surface area (Å²) in [5.74, 6) is -0.742. The summed E-state index contributed by atoms with van der Waals surface area (Å²) in [4.78, 5) is 10.3. The van der Waals surface area contributed by atoms with Crippen LogP contribution in [0, 0.1) is 0 Å². The molecule has 18 heavy (non-hydrogen) atoms. The maximum atomic E-state index is 11.5. The van der Waals surface area contributed by atoms with Crippen LogP contribution < -0.4 is 9.46 Å². The molecule has 0 aromatic heterocycles. The molecule has 0 aliphatic carbocycles. The van der Waals surface area contributed by atoms with Gasteiger partial charge in [-0.2, -0.15) is 0 Å².